The van der Waals surface area contributed by atoms with E-state index in [9.17, 15) is 14.4 Å². The molecule has 0 unspecified atom stereocenters. The van der Waals surface area contributed by atoms with Crippen molar-refractivity contribution in [2.45, 2.75) is 52.7 Å². The first-order valence-corrected chi connectivity index (χ1v) is 13.1. The molecule has 1 heterocycles. The molecule has 1 atom stereocenters. The molecule has 0 bridgehead atoms. The molecule has 0 saturated carbocycles. The minimum Gasteiger partial charge on any atom is -0.444 e. The Morgan fingerprint density at radius 3 is 2.34 bits per heavy atom. The molecule has 2 aromatic carbocycles. The molecule has 214 valence electrons. The Hall–Kier alpha value is -5.18. The van der Waals surface area contributed by atoms with Crippen molar-refractivity contribution in [2.75, 3.05) is 27.8 Å². The molecular weight excluding hydrogens is 524 g/mol. The van der Waals surface area contributed by atoms with Crippen LogP contribution >= 0.6 is 0 Å². The first kappa shape index (κ1) is 30.4. The predicted molar refractivity (Wildman–Crippen MR) is 157 cm³/mol. The maximum absolute atomic E-state index is 13.2. The van der Waals surface area contributed by atoms with Crippen molar-refractivity contribution in [1.29, 1.82) is 5.26 Å². The molecule has 0 fully saturated rings. The summed E-state index contributed by atoms with van der Waals surface area (Å²) in [6.45, 7) is 9.31. The minimum absolute atomic E-state index is 0.230. The van der Waals surface area contributed by atoms with Crippen molar-refractivity contribution in [3.8, 4) is 6.07 Å². The van der Waals surface area contributed by atoms with E-state index in [2.05, 4.69) is 42.6 Å². The van der Waals surface area contributed by atoms with Gasteiger partial charge in [-0.25, -0.2) is 9.78 Å². The third-order valence-corrected chi connectivity index (χ3v) is 5.36. The van der Waals surface area contributed by atoms with E-state index in [-0.39, 0.29) is 11.5 Å². The predicted octanol–water partition coefficient (Wildman–Crippen LogP) is 5.02. The van der Waals surface area contributed by atoms with Crippen LogP contribution in [0, 0.1) is 11.3 Å². The second-order valence-electron chi connectivity index (χ2n) is 10.1. The van der Waals surface area contributed by atoms with E-state index >= 15 is 0 Å². The molecule has 0 aliphatic heterocycles. The number of carbonyl (C=O) groups excluding carboxylic acids is 3. The van der Waals surface area contributed by atoms with Crippen molar-refractivity contribution in [3.63, 3.8) is 0 Å². The first-order valence-electron chi connectivity index (χ1n) is 13.1. The van der Waals surface area contributed by atoms with Gasteiger partial charge >= 0.3 is 6.09 Å². The second-order valence-corrected chi connectivity index (χ2v) is 10.1. The van der Waals surface area contributed by atoms with Crippen molar-refractivity contribution < 1.29 is 19.1 Å². The normalized spacial score (nSPS) is 11.4. The summed E-state index contributed by atoms with van der Waals surface area (Å²) >= 11 is 0. The lowest BCUT2D eigenvalue weighted by Crippen LogP contribution is -2.43. The van der Waals surface area contributed by atoms with Crippen LogP contribution in [0.1, 0.15) is 57.0 Å². The summed E-state index contributed by atoms with van der Waals surface area (Å²) in [5, 5.41) is 23.2. The Labute approximate surface area is 238 Å². The average molecular weight is 559 g/mol. The van der Waals surface area contributed by atoms with Crippen LogP contribution in [0.25, 0.3) is 0 Å². The van der Waals surface area contributed by atoms with Gasteiger partial charge in [0, 0.05) is 29.8 Å². The Bertz CT molecular complexity index is 1430. The molecule has 0 spiro atoms. The molecule has 12 nitrogen and oxygen atoms in total. The summed E-state index contributed by atoms with van der Waals surface area (Å²) in [6.07, 6.45) is 1.53. The molecule has 12 heteroatoms. The van der Waals surface area contributed by atoms with Crippen LogP contribution in [-0.4, -0.2) is 46.1 Å². The Morgan fingerprint density at radius 1 is 1.02 bits per heavy atom. The highest BCUT2D eigenvalue weighted by atomic mass is 16.6. The van der Waals surface area contributed by atoms with Crippen molar-refractivity contribution in [3.05, 3.63) is 65.9 Å². The van der Waals surface area contributed by atoms with Gasteiger partial charge in [-0.3, -0.25) is 9.59 Å². The number of nitrogens with zero attached hydrogens (tertiary/aromatic N) is 3. The number of rotatable bonds is 10. The van der Waals surface area contributed by atoms with Gasteiger partial charge in [0.1, 0.15) is 23.0 Å². The number of aromatic nitrogens is 2. The lowest BCUT2D eigenvalue weighted by atomic mass is 10.2. The summed E-state index contributed by atoms with van der Waals surface area (Å²) in [4.78, 5) is 46.5. The van der Waals surface area contributed by atoms with Crippen molar-refractivity contribution in [2.24, 2.45) is 0 Å². The van der Waals surface area contributed by atoms with Crippen molar-refractivity contribution in [1.82, 2.24) is 15.3 Å². The van der Waals surface area contributed by atoms with Crippen LogP contribution in [0.15, 0.2) is 54.7 Å². The highest BCUT2D eigenvalue weighted by Crippen LogP contribution is 2.21. The second kappa shape index (κ2) is 13.7. The number of ether oxygens (including phenoxy) is 1. The maximum atomic E-state index is 13.2. The average Bonchev–Trinajstić information content (AvgIpc) is 2.91. The largest absolute Gasteiger partial charge is 0.444 e. The highest BCUT2D eigenvalue weighted by molar-refractivity contribution is 6.07. The van der Waals surface area contributed by atoms with Gasteiger partial charge in [-0.05, 0) is 76.6 Å². The van der Waals surface area contributed by atoms with Gasteiger partial charge in [-0.1, -0.05) is 13.0 Å². The number of hydrogen-bond donors (Lipinski definition) is 5. The monoisotopic (exact) mass is 558 g/mol. The molecule has 41 heavy (non-hydrogen) atoms. The third-order valence-electron chi connectivity index (χ3n) is 5.36. The summed E-state index contributed by atoms with van der Waals surface area (Å²) < 4.78 is 5.19. The Kier molecular flexibility index (Phi) is 10.2. The van der Waals surface area contributed by atoms with Gasteiger partial charge in [0.2, 0.25) is 11.9 Å². The fraction of sp³-hybridized carbons (Fsp3) is 0.310. The van der Waals surface area contributed by atoms with E-state index in [4.69, 9.17) is 10.00 Å². The third kappa shape index (κ3) is 9.50. The van der Waals surface area contributed by atoms with Crippen LogP contribution in [0.2, 0.25) is 0 Å². The van der Waals surface area contributed by atoms with Gasteiger partial charge in [0.25, 0.3) is 5.91 Å². The number of amides is 3. The zero-order valence-electron chi connectivity index (χ0n) is 23.7. The lowest BCUT2D eigenvalue weighted by Gasteiger charge is -2.21. The summed E-state index contributed by atoms with van der Waals surface area (Å²) in [5.41, 5.74) is 1.62. The molecule has 1 aromatic heterocycles. The van der Waals surface area contributed by atoms with Gasteiger partial charge in [0.15, 0.2) is 0 Å². The summed E-state index contributed by atoms with van der Waals surface area (Å²) in [6, 6.07) is 14.6. The standard InChI is InChI=1S/C29H34N8O4/c1-6-14-31-24-23(17-32-27(37-24)36-20-12-10-19(16-30)11-13-20)26(39)35-22-9-7-8-21(15-22)34-25(38)18(2)33-28(40)41-29(3,4)5/h7-13,15,17-18H,6,14H2,1-5H3,(H,33,40)(H,34,38)(H,35,39)(H2,31,32,36,37)/t18-/m0/s1. The number of anilines is 5. The Morgan fingerprint density at radius 2 is 1.71 bits per heavy atom. The first-order chi connectivity index (χ1) is 19.5. The van der Waals surface area contributed by atoms with E-state index < -0.39 is 29.6 Å². The number of nitrogens with one attached hydrogen (secondary N) is 5. The lowest BCUT2D eigenvalue weighted by molar-refractivity contribution is -0.117. The van der Waals surface area contributed by atoms with Gasteiger partial charge in [-0.15, -0.1) is 0 Å². The van der Waals surface area contributed by atoms with E-state index in [1.807, 2.05) is 6.92 Å². The molecule has 3 rings (SSSR count). The fourth-order valence-corrected chi connectivity index (χ4v) is 3.42. The smallest absolute Gasteiger partial charge is 0.408 e. The summed E-state index contributed by atoms with van der Waals surface area (Å²) in [5.74, 6) is -0.272. The van der Waals surface area contributed by atoms with Crippen molar-refractivity contribution >= 4 is 46.7 Å². The minimum atomic E-state index is -0.858. The number of hydrogen-bond acceptors (Lipinski definition) is 9. The number of alkyl carbamates (subject to hydrolysis) is 1. The van der Waals surface area contributed by atoms with E-state index in [1.54, 1.807) is 69.3 Å². The van der Waals surface area contributed by atoms with Gasteiger partial charge in [0.05, 0.1) is 11.6 Å². The van der Waals surface area contributed by atoms with Crippen LogP contribution < -0.4 is 26.6 Å². The van der Waals surface area contributed by atoms with Crippen LogP contribution in [0.3, 0.4) is 0 Å². The molecule has 0 aliphatic carbocycles. The van der Waals surface area contributed by atoms with Gasteiger partial charge in [-0.2, -0.15) is 10.2 Å². The SMILES string of the molecule is CCCNc1nc(Nc2ccc(C#N)cc2)ncc1C(=O)Nc1cccc(NC(=O)[C@H](C)NC(=O)OC(C)(C)C)c1. The van der Waals surface area contributed by atoms with Gasteiger partial charge < -0.3 is 31.3 Å². The Balaban J connectivity index is 1.69. The fourth-order valence-electron chi connectivity index (χ4n) is 3.42. The topological polar surface area (TPSA) is 170 Å². The molecule has 0 radical (unpaired) electrons. The highest BCUT2D eigenvalue weighted by Gasteiger charge is 2.21. The zero-order chi connectivity index (χ0) is 30.0. The number of nitriles is 1. The van der Waals surface area contributed by atoms with E-state index in [0.717, 1.165) is 6.42 Å². The van der Waals surface area contributed by atoms with Crippen LogP contribution in [-0.2, 0) is 9.53 Å². The van der Waals surface area contributed by atoms with E-state index in [1.165, 1.54) is 13.1 Å². The summed E-state index contributed by atoms with van der Waals surface area (Å²) in [7, 11) is 0. The van der Waals surface area contributed by atoms with Crippen LogP contribution in [0.4, 0.5) is 33.6 Å². The molecule has 5 N–H and O–H groups in total. The zero-order valence-corrected chi connectivity index (χ0v) is 23.7. The molecule has 3 amide bonds. The molecular formula is C29H34N8O4. The molecule has 0 aliphatic rings. The number of carbonyl (C=O) groups is 3. The maximum Gasteiger partial charge on any atom is 0.408 e. The van der Waals surface area contributed by atoms with E-state index in [0.29, 0.717) is 35.0 Å². The quantitative estimate of drug-likeness (QED) is 0.229. The van der Waals surface area contributed by atoms with Crippen LogP contribution in [0.5, 0.6) is 0 Å². The molecule has 3 aromatic rings. The molecule has 0 saturated heterocycles. The number of benzene rings is 2.